The summed E-state index contributed by atoms with van der Waals surface area (Å²) in [5.41, 5.74) is 0. The van der Waals surface area contributed by atoms with Crippen LogP contribution in [-0.4, -0.2) is 35.0 Å². The lowest BCUT2D eigenvalue weighted by Gasteiger charge is -2.35. The molecule has 1 aromatic rings. The molecule has 0 spiro atoms. The van der Waals surface area contributed by atoms with Gasteiger partial charge in [0.1, 0.15) is 5.01 Å². The van der Waals surface area contributed by atoms with Gasteiger partial charge in [0.15, 0.2) is 0 Å². The highest BCUT2D eigenvalue weighted by atomic mass is 32.1. The molecule has 0 aromatic carbocycles. The van der Waals surface area contributed by atoms with Crippen LogP contribution < -0.4 is 0 Å². The second kappa shape index (κ2) is 7.36. The molecule has 0 N–H and O–H groups in total. The lowest BCUT2D eigenvalue weighted by atomic mass is 10.0. The molecule has 4 nitrogen and oxygen atoms in total. The van der Waals surface area contributed by atoms with Crippen LogP contribution in [0.2, 0.25) is 0 Å². The Morgan fingerprint density at radius 2 is 2.24 bits per heavy atom. The van der Waals surface area contributed by atoms with E-state index in [-0.39, 0.29) is 11.9 Å². The van der Waals surface area contributed by atoms with Crippen molar-refractivity contribution in [2.75, 3.05) is 13.2 Å². The molecular weight excluding hydrogens is 284 g/mol. The third-order valence-corrected chi connectivity index (χ3v) is 5.39. The molecule has 0 radical (unpaired) electrons. The number of rotatable bonds is 4. The Morgan fingerprint density at radius 1 is 1.33 bits per heavy atom. The van der Waals surface area contributed by atoms with E-state index in [1.165, 1.54) is 19.3 Å². The minimum Gasteiger partial charge on any atom is -0.378 e. The van der Waals surface area contributed by atoms with Crippen LogP contribution in [0.25, 0.3) is 0 Å². The van der Waals surface area contributed by atoms with Crippen molar-refractivity contribution < 1.29 is 9.53 Å². The zero-order valence-electron chi connectivity index (χ0n) is 12.5. The van der Waals surface area contributed by atoms with E-state index in [2.05, 4.69) is 9.88 Å². The zero-order chi connectivity index (χ0) is 14.5. The van der Waals surface area contributed by atoms with Crippen molar-refractivity contribution in [1.29, 1.82) is 0 Å². The summed E-state index contributed by atoms with van der Waals surface area (Å²) >= 11 is 1.67. The van der Waals surface area contributed by atoms with Gasteiger partial charge in [0.2, 0.25) is 5.91 Å². The van der Waals surface area contributed by atoms with Crippen LogP contribution in [0.1, 0.15) is 62.4 Å². The van der Waals surface area contributed by atoms with Gasteiger partial charge in [0.05, 0.1) is 12.1 Å². The van der Waals surface area contributed by atoms with Gasteiger partial charge in [-0.15, -0.1) is 11.3 Å². The van der Waals surface area contributed by atoms with Crippen molar-refractivity contribution in [3.63, 3.8) is 0 Å². The number of likely N-dealkylation sites (tertiary alicyclic amines) is 1. The Bertz CT molecular complexity index is 443. The Kier molecular flexibility index (Phi) is 5.25. The Hall–Kier alpha value is -0.940. The summed E-state index contributed by atoms with van der Waals surface area (Å²) in [6.45, 7) is 1.75. The van der Waals surface area contributed by atoms with Gasteiger partial charge in [-0.25, -0.2) is 4.98 Å². The highest BCUT2D eigenvalue weighted by Gasteiger charge is 2.29. The maximum Gasteiger partial charge on any atom is 0.223 e. The average Bonchev–Trinajstić information content (AvgIpc) is 3.08. The Balaban J connectivity index is 1.56. The molecule has 5 heteroatoms. The van der Waals surface area contributed by atoms with E-state index in [9.17, 15) is 4.79 Å². The molecule has 0 unspecified atom stereocenters. The fraction of sp³-hybridized carbons (Fsp3) is 0.750. The summed E-state index contributed by atoms with van der Waals surface area (Å²) < 4.78 is 5.73. The van der Waals surface area contributed by atoms with Crippen molar-refractivity contribution in [2.45, 2.75) is 63.5 Å². The second-order valence-electron chi connectivity index (χ2n) is 6.00. The molecule has 0 bridgehead atoms. The molecule has 0 aliphatic carbocycles. The van der Waals surface area contributed by atoms with Crippen molar-refractivity contribution in [1.82, 2.24) is 9.88 Å². The molecule has 1 aromatic heterocycles. The number of hydrogen-bond acceptors (Lipinski definition) is 4. The first-order valence-electron chi connectivity index (χ1n) is 8.15. The summed E-state index contributed by atoms with van der Waals surface area (Å²) in [5.74, 6) is 0.282. The number of nitrogens with zero attached hydrogens (tertiary/aromatic N) is 2. The molecule has 21 heavy (non-hydrogen) atoms. The molecule has 2 saturated heterocycles. The van der Waals surface area contributed by atoms with E-state index in [0.29, 0.717) is 12.5 Å². The molecule has 2 atom stereocenters. The Morgan fingerprint density at radius 3 is 3.00 bits per heavy atom. The van der Waals surface area contributed by atoms with Crippen molar-refractivity contribution in [3.05, 3.63) is 16.6 Å². The van der Waals surface area contributed by atoms with Gasteiger partial charge in [-0.05, 0) is 44.9 Å². The van der Waals surface area contributed by atoms with E-state index in [1.54, 1.807) is 11.3 Å². The second-order valence-corrected chi connectivity index (χ2v) is 6.92. The molecule has 1 amide bonds. The zero-order valence-corrected chi connectivity index (χ0v) is 13.3. The topological polar surface area (TPSA) is 42.4 Å². The first kappa shape index (κ1) is 15.0. The van der Waals surface area contributed by atoms with E-state index in [1.807, 2.05) is 11.6 Å². The number of carbonyl (C=O) groups is 1. The number of amides is 1. The monoisotopic (exact) mass is 308 g/mol. The van der Waals surface area contributed by atoms with Gasteiger partial charge in [-0.1, -0.05) is 0 Å². The minimum absolute atomic E-state index is 0.207. The molecule has 2 aliphatic rings. The summed E-state index contributed by atoms with van der Waals surface area (Å²) in [6.07, 6.45) is 10.5. The van der Waals surface area contributed by atoms with E-state index >= 15 is 0 Å². The molecule has 2 aliphatic heterocycles. The third kappa shape index (κ3) is 3.83. The molecule has 3 heterocycles. The predicted octanol–water partition coefficient (Wildman–Crippen LogP) is 3.55. The van der Waals surface area contributed by atoms with Crippen LogP contribution in [0.5, 0.6) is 0 Å². The van der Waals surface area contributed by atoms with Crippen molar-refractivity contribution in [3.8, 4) is 0 Å². The smallest absolute Gasteiger partial charge is 0.223 e. The molecule has 3 rings (SSSR count). The lowest BCUT2D eigenvalue weighted by molar-refractivity contribution is -0.136. The maximum absolute atomic E-state index is 12.6. The minimum atomic E-state index is 0.207. The van der Waals surface area contributed by atoms with Crippen LogP contribution in [0.15, 0.2) is 11.6 Å². The number of aromatic nitrogens is 1. The largest absolute Gasteiger partial charge is 0.378 e. The third-order valence-electron chi connectivity index (χ3n) is 4.51. The fourth-order valence-corrected chi connectivity index (χ4v) is 4.13. The first-order chi connectivity index (χ1) is 10.3. The van der Waals surface area contributed by atoms with Crippen LogP contribution in [0.3, 0.4) is 0 Å². The number of hydrogen-bond donors (Lipinski definition) is 0. The maximum atomic E-state index is 12.6. The number of ether oxygens (including phenoxy) is 1. The number of thiazole rings is 1. The number of carbonyl (C=O) groups excluding carboxylic acids is 1. The van der Waals surface area contributed by atoms with E-state index < -0.39 is 0 Å². The first-order valence-corrected chi connectivity index (χ1v) is 9.03. The van der Waals surface area contributed by atoms with Crippen LogP contribution in [0, 0.1) is 0 Å². The van der Waals surface area contributed by atoms with Crippen molar-refractivity contribution in [2.24, 2.45) is 0 Å². The highest BCUT2D eigenvalue weighted by molar-refractivity contribution is 7.09. The molecule has 0 saturated carbocycles. The van der Waals surface area contributed by atoms with Gasteiger partial charge in [0, 0.05) is 31.1 Å². The summed E-state index contributed by atoms with van der Waals surface area (Å²) in [4.78, 5) is 19.1. The van der Waals surface area contributed by atoms with Gasteiger partial charge in [-0.2, -0.15) is 0 Å². The van der Waals surface area contributed by atoms with Gasteiger partial charge in [0.25, 0.3) is 0 Å². The number of piperidine rings is 1. The molecule has 116 valence electrons. The van der Waals surface area contributed by atoms with Gasteiger partial charge in [-0.3, -0.25) is 4.79 Å². The van der Waals surface area contributed by atoms with Gasteiger partial charge >= 0.3 is 0 Å². The SMILES string of the molecule is O=C(CC[C@@H]1CCCCO1)N1CCCC[C@H]1c1nccs1. The van der Waals surface area contributed by atoms with Crippen molar-refractivity contribution >= 4 is 17.2 Å². The van der Waals surface area contributed by atoms with Gasteiger partial charge < -0.3 is 9.64 Å². The average molecular weight is 308 g/mol. The van der Waals surface area contributed by atoms with Crippen LogP contribution >= 0.6 is 11.3 Å². The summed E-state index contributed by atoms with van der Waals surface area (Å²) in [7, 11) is 0. The summed E-state index contributed by atoms with van der Waals surface area (Å²) in [5, 5.41) is 3.10. The normalized spacial score (nSPS) is 26.8. The van der Waals surface area contributed by atoms with E-state index in [4.69, 9.17) is 4.74 Å². The van der Waals surface area contributed by atoms with Crippen LogP contribution in [0.4, 0.5) is 0 Å². The quantitative estimate of drug-likeness (QED) is 0.854. The van der Waals surface area contributed by atoms with Crippen LogP contribution in [-0.2, 0) is 9.53 Å². The molecular formula is C16H24N2O2S. The lowest BCUT2D eigenvalue weighted by Crippen LogP contribution is -2.38. The highest BCUT2D eigenvalue weighted by Crippen LogP contribution is 2.32. The summed E-state index contributed by atoms with van der Waals surface area (Å²) in [6, 6.07) is 0.207. The fourth-order valence-electron chi connectivity index (χ4n) is 3.35. The van der Waals surface area contributed by atoms with E-state index in [0.717, 1.165) is 43.8 Å². The molecule has 2 fully saturated rings. The predicted molar refractivity (Wildman–Crippen MR) is 83.2 cm³/mol. The standard InChI is InChI=1S/C16H24N2O2S/c19-15(8-7-13-5-2-4-11-20-13)18-10-3-1-6-14(18)16-17-9-12-21-16/h9,12-14H,1-8,10-11H2/t13-,14-/m0/s1. The Labute approximate surface area is 130 Å².